The summed E-state index contributed by atoms with van der Waals surface area (Å²) in [6.07, 6.45) is 59.4. The Balaban J connectivity index is 2.70. The molecule has 0 saturated carbocycles. The van der Waals surface area contributed by atoms with Gasteiger partial charge in [-0.25, -0.2) is 4.79 Å². The van der Waals surface area contributed by atoms with Crippen molar-refractivity contribution in [2.75, 3.05) is 13.2 Å². The van der Waals surface area contributed by atoms with Crippen LogP contribution in [0.25, 0.3) is 0 Å². The Bertz CT molecular complexity index is 1740. The molecule has 1 aliphatic rings. The fourth-order valence-electron chi connectivity index (χ4n) is 8.90. The Morgan fingerprint density at radius 2 is 0.797 bits per heavy atom. The summed E-state index contributed by atoms with van der Waals surface area (Å²) >= 11 is 0. The molecular formula is C67H110O12. The Labute approximate surface area is 479 Å². The van der Waals surface area contributed by atoms with E-state index in [1.165, 1.54) is 57.8 Å². The van der Waals surface area contributed by atoms with Crippen LogP contribution in [0.4, 0.5) is 0 Å². The molecule has 1 rings (SSSR count). The fourth-order valence-corrected chi connectivity index (χ4v) is 8.90. The van der Waals surface area contributed by atoms with E-state index in [4.69, 9.17) is 23.7 Å². The molecule has 0 spiro atoms. The fraction of sp³-hybridized carbons (Fsp3) is 0.701. The molecule has 6 atom stereocenters. The SMILES string of the molecule is CC/C=C\C/C=C\C/C=C\C/C=C\CCCCCCCCC(=O)OCC(COC1OC(C(=O)O)C(O)C(O)C1OC(=O)CCCCC/C=C\C/C=C\C/C=C\CC)OC(=O)CCCCCCCCC/C=C\CCCCCCCC. The molecular weight excluding hydrogens is 997 g/mol. The molecule has 1 saturated heterocycles. The van der Waals surface area contributed by atoms with Crippen molar-refractivity contribution >= 4 is 23.9 Å². The van der Waals surface area contributed by atoms with Gasteiger partial charge in [0.05, 0.1) is 6.61 Å². The van der Waals surface area contributed by atoms with Crippen LogP contribution in [-0.4, -0.2) is 89.2 Å². The largest absolute Gasteiger partial charge is 0.479 e. The summed E-state index contributed by atoms with van der Waals surface area (Å²) in [7, 11) is 0. The lowest BCUT2D eigenvalue weighted by Gasteiger charge is -2.40. The number of aliphatic hydroxyl groups is 2. The van der Waals surface area contributed by atoms with E-state index in [1.807, 2.05) is 0 Å². The van der Waals surface area contributed by atoms with Crippen molar-refractivity contribution in [2.24, 2.45) is 0 Å². The van der Waals surface area contributed by atoms with Crippen LogP contribution in [0.15, 0.2) is 97.2 Å². The van der Waals surface area contributed by atoms with E-state index in [0.717, 1.165) is 135 Å². The molecule has 0 bridgehead atoms. The number of ether oxygens (including phenoxy) is 5. The van der Waals surface area contributed by atoms with Crippen LogP contribution < -0.4 is 0 Å². The number of rotatable bonds is 52. The smallest absolute Gasteiger partial charge is 0.335 e. The van der Waals surface area contributed by atoms with Gasteiger partial charge in [0.2, 0.25) is 0 Å². The van der Waals surface area contributed by atoms with E-state index < -0.39 is 67.3 Å². The van der Waals surface area contributed by atoms with Crippen LogP contribution in [0.5, 0.6) is 0 Å². The molecule has 1 fully saturated rings. The zero-order valence-electron chi connectivity index (χ0n) is 49.6. The summed E-state index contributed by atoms with van der Waals surface area (Å²) < 4.78 is 28.4. The number of allylic oxidation sites excluding steroid dienone is 16. The lowest BCUT2D eigenvalue weighted by molar-refractivity contribution is -0.301. The first-order valence-electron chi connectivity index (χ1n) is 31.2. The second kappa shape index (κ2) is 54.2. The average Bonchev–Trinajstić information content (AvgIpc) is 3.44. The summed E-state index contributed by atoms with van der Waals surface area (Å²) in [5, 5.41) is 31.5. The molecule has 0 aromatic carbocycles. The van der Waals surface area contributed by atoms with Gasteiger partial charge in [-0.2, -0.15) is 0 Å². The molecule has 12 nitrogen and oxygen atoms in total. The molecule has 1 heterocycles. The second-order valence-electron chi connectivity index (χ2n) is 20.9. The van der Waals surface area contributed by atoms with Gasteiger partial charge < -0.3 is 39.0 Å². The minimum absolute atomic E-state index is 0.0198. The maximum absolute atomic E-state index is 13.2. The van der Waals surface area contributed by atoms with E-state index in [-0.39, 0.29) is 25.9 Å². The van der Waals surface area contributed by atoms with Crippen molar-refractivity contribution in [2.45, 2.75) is 289 Å². The maximum Gasteiger partial charge on any atom is 0.335 e. The zero-order valence-corrected chi connectivity index (χ0v) is 49.6. The number of unbranched alkanes of at least 4 members (excludes halogenated alkanes) is 22. The van der Waals surface area contributed by atoms with Crippen LogP contribution in [0, 0.1) is 0 Å². The number of hydrogen-bond acceptors (Lipinski definition) is 11. The normalized spacial score (nSPS) is 18.5. The number of hydrogen-bond donors (Lipinski definition) is 3. The number of carboxylic acids is 1. The van der Waals surface area contributed by atoms with Crippen molar-refractivity contribution < 1.29 is 58.2 Å². The number of esters is 3. The Kier molecular flexibility index (Phi) is 49.9. The first kappa shape index (κ1) is 72.7. The highest BCUT2D eigenvalue weighted by atomic mass is 16.7. The number of carbonyl (C=O) groups excluding carboxylic acids is 3. The third kappa shape index (κ3) is 44.0. The summed E-state index contributed by atoms with van der Waals surface area (Å²) in [6.45, 7) is 5.74. The van der Waals surface area contributed by atoms with Gasteiger partial charge in [-0.15, -0.1) is 0 Å². The zero-order chi connectivity index (χ0) is 57.5. The standard InChI is InChI=1S/C67H110O12/c1-4-7-10-13-16-19-22-25-27-29-30-32-33-36-38-41-44-47-50-53-59(68)75-56-58(77-60(69)54-51-48-45-42-40-37-34-31-28-26-23-20-17-14-11-8-5-2)57-76-67-65(63(72)62(71)64(79-67)66(73)74)78-61(70)55-52-49-46-43-39-35-24-21-18-15-12-9-6-3/h7,9-10,12,16,18-19,21,25-28,30,32,35,39,58,62-65,67,71-72H,4-6,8,11,13-15,17,20,22-24,29,31,33-34,36-38,40-57H2,1-3H3,(H,73,74)/b10-7-,12-9-,19-16-,21-18-,27-25-,28-26-,32-30-,39-35-. The maximum atomic E-state index is 13.2. The lowest BCUT2D eigenvalue weighted by Crippen LogP contribution is -2.61. The summed E-state index contributed by atoms with van der Waals surface area (Å²) in [5.74, 6) is -3.18. The van der Waals surface area contributed by atoms with E-state index in [0.29, 0.717) is 19.3 Å². The number of aliphatic carboxylic acids is 1. The highest BCUT2D eigenvalue weighted by molar-refractivity contribution is 5.74. The molecule has 0 aromatic rings. The van der Waals surface area contributed by atoms with Gasteiger partial charge >= 0.3 is 23.9 Å². The third-order valence-corrected chi connectivity index (χ3v) is 13.6. The van der Waals surface area contributed by atoms with Crippen LogP contribution in [0.3, 0.4) is 0 Å². The molecule has 1 aliphatic heterocycles. The van der Waals surface area contributed by atoms with E-state index in [9.17, 15) is 34.5 Å². The monoisotopic (exact) mass is 1110 g/mol. The highest BCUT2D eigenvalue weighted by Gasteiger charge is 2.50. The Morgan fingerprint density at radius 3 is 1.24 bits per heavy atom. The summed E-state index contributed by atoms with van der Waals surface area (Å²) in [6, 6.07) is 0. The van der Waals surface area contributed by atoms with Crippen LogP contribution >= 0.6 is 0 Å². The predicted molar refractivity (Wildman–Crippen MR) is 321 cm³/mol. The van der Waals surface area contributed by atoms with Crippen LogP contribution in [0.2, 0.25) is 0 Å². The van der Waals surface area contributed by atoms with Crippen molar-refractivity contribution in [1.29, 1.82) is 0 Å². The topological polar surface area (TPSA) is 175 Å². The minimum Gasteiger partial charge on any atom is -0.479 e. The molecule has 0 aliphatic carbocycles. The van der Waals surface area contributed by atoms with Crippen LogP contribution in [-0.2, 0) is 42.9 Å². The van der Waals surface area contributed by atoms with Gasteiger partial charge in [-0.05, 0) is 116 Å². The van der Waals surface area contributed by atoms with Crippen LogP contribution in [0.1, 0.15) is 252 Å². The number of aliphatic hydroxyl groups excluding tert-OH is 2. The van der Waals surface area contributed by atoms with Crippen molar-refractivity contribution in [3.05, 3.63) is 97.2 Å². The number of carbonyl (C=O) groups is 4. The second-order valence-corrected chi connectivity index (χ2v) is 20.9. The molecule has 6 unspecified atom stereocenters. The van der Waals surface area contributed by atoms with E-state index >= 15 is 0 Å². The molecule has 0 aromatic heterocycles. The van der Waals surface area contributed by atoms with Crippen molar-refractivity contribution in [1.82, 2.24) is 0 Å². The molecule has 79 heavy (non-hydrogen) atoms. The van der Waals surface area contributed by atoms with E-state index in [2.05, 4.69) is 118 Å². The van der Waals surface area contributed by atoms with Gasteiger partial charge in [0.25, 0.3) is 0 Å². The Morgan fingerprint density at radius 1 is 0.430 bits per heavy atom. The van der Waals surface area contributed by atoms with Gasteiger partial charge in [-0.1, -0.05) is 214 Å². The van der Waals surface area contributed by atoms with Gasteiger partial charge in [0.15, 0.2) is 24.6 Å². The number of carboxylic acid groups (broad SMARTS) is 1. The molecule has 450 valence electrons. The highest BCUT2D eigenvalue weighted by Crippen LogP contribution is 2.26. The molecule has 0 amide bonds. The summed E-state index contributed by atoms with van der Waals surface area (Å²) in [5.41, 5.74) is 0. The summed E-state index contributed by atoms with van der Waals surface area (Å²) in [4.78, 5) is 51.2. The quantitative estimate of drug-likeness (QED) is 0.0228. The molecule has 3 N–H and O–H groups in total. The Hall–Kier alpha value is -4.36. The molecule has 0 radical (unpaired) electrons. The van der Waals surface area contributed by atoms with Crippen molar-refractivity contribution in [3.8, 4) is 0 Å². The van der Waals surface area contributed by atoms with Crippen molar-refractivity contribution in [3.63, 3.8) is 0 Å². The van der Waals surface area contributed by atoms with Gasteiger partial charge in [-0.3, -0.25) is 14.4 Å². The average molecular weight is 1110 g/mol. The third-order valence-electron chi connectivity index (χ3n) is 13.6. The first-order valence-corrected chi connectivity index (χ1v) is 31.2. The van der Waals surface area contributed by atoms with E-state index in [1.54, 1.807) is 0 Å². The molecule has 12 heteroatoms. The lowest BCUT2D eigenvalue weighted by atomic mass is 9.98. The first-order chi connectivity index (χ1) is 38.6. The van der Waals surface area contributed by atoms with Gasteiger partial charge in [0.1, 0.15) is 18.8 Å². The minimum atomic E-state index is -1.92. The predicted octanol–water partition coefficient (Wildman–Crippen LogP) is 16.5. The van der Waals surface area contributed by atoms with Gasteiger partial charge in [0, 0.05) is 19.3 Å².